The lowest BCUT2D eigenvalue weighted by Crippen LogP contribution is -2.41. The van der Waals surface area contributed by atoms with Gasteiger partial charge in [-0.15, -0.1) is 0 Å². The summed E-state index contributed by atoms with van der Waals surface area (Å²) in [4.78, 5) is 24.2. The van der Waals surface area contributed by atoms with Crippen LogP contribution in [-0.2, 0) is 30.3 Å². The number of esters is 1. The van der Waals surface area contributed by atoms with Crippen LogP contribution in [0.5, 0.6) is 0 Å². The predicted molar refractivity (Wildman–Crippen MR) is 102 cm³/mol. The number of carbonyl (C=O) groups excluding carboxylic acids is 2. The van der Waals surface area contributed by atoms with Crippen LogP contribution in [-0.4, -0.2) is 54.5 Å². The fourth-order valence-corrected chi connectivity index (χ4v) is 5.52. The lowest BCUT2D eigenvalue weighted by atomic mass is 10.2. The number of hydrogen-bond donors (Lipinski definition) is 0. The van der Waals surface area contributed by atoms with E-state index in [1.807, 2.05) is 0 Å². The fourth-order valence-electron chi connectivity index (χ4n) is 3.20. The first kappa shape index (κ1) is 23.3. The minimum absolute atomic E-state index is 0.0387. The number of rotatable bonds is 6. The van der Waals surface area contributed by atoms with Gasteiger partial charge >= 0.3 is 12.1 Å². The Morgan fingerprint density at radius 2 is 1.90 bits per heavy atom. The molecule has 0 radical (unpaired) electrons. The number of halogens is 3. The average molecular weight is 451 g/mol. The Kier molecular flexibility index (Phi) is 7.05. The van der Waals surface area contributed by atoms with Crippen molar-refractivity contribution in [3.8, 4) is 0 Å². The molecule has 0 bridgehead atoms. The van der Waals surface area contributed by atoms with Crippen LogP contribution >= 0.6 is 12.2 Å². The minimum atomic E-state index is -4.85. The lowest BCUT2D eigenvalue weighted by molar-refractivity contribution is -0.147. The van der Waals surface area contributed by atoms with E-state index in [-0.39, 0.29) is 36.8 Å². The van der Waals surface area contributed by atoms with Gasteiger partial charge in [0.15, 0.2) is 9.84 Å². The van der Waals surface area contributed by atoms with Crippen LogP contribution in [0.2, 0.25) is 0 Å². The SMILES string of the molecule is CCOC(=O)[C@@H]1C[C@@H](S(=O)(=O)c2ccccc2C(F)(F)F)CN1C(=S)CC(C)=O. The number of sulfone groups is 1. The van der Waals surface area contributed by atoms with Gasteiger partial charge in [-0.3, -0.25) is 4.79 Å². The number of thiocarbonyl (C=S) groups is 1. The molecule has 0 spiro atoms. The standard InChI is InChI=1S/C18H20F3NO5S2/c1-3-27-17(24)14-9-12(10-22(14)16(28)8-11(2)23)29(25,26)15-7-5-4-6-13(15)18(19,20)21/h4-7,12,14H,3,8-10H2,1-2H3/t12-,14+/m1/s1. The second-order valence-corrected chi connectivity index (χ2v) is 9.26. The van der Waals surface area contributed by atoms with Crippen molar-refractivity contribution >= 4 is 38.8 Å². The van der Waals surface area contributed by atoms with Crippen LogP contribution in [0.15, 0.2) is 29.2 Å². The molecule has 160 valence electrons. The highest BCUT2D eigenvalue weighted by atomic mass is 32.2. The molecule has 1 aliphatic rings. The number of likely N-dealkylation sites (tertiary alicyclic amines) is 1. The molecule has 0 N–H and O–H groups in total. The summed E-state index contributed by atoms with van der Waals surface area (Å²) in [5, 5.41) is -1.31. The predicted octanol–water partition coefficient (Wildman–Crippen LogP) is 2.79. The van der Waals surface area contributed by atoms with Gasteiger partial charge < -0.3 is 9.64 Å². The topological polar surface area (TPSA) is 80.8 Å². The third-order valence-electron chi connectivity index (χ3n) is 4.48. The summed E-state index contributed by atoms with van der Waals surface area (Å²) in [5.41, 5.74) is -1.27. The molecular formula is C18H20F3NO5S2. The van der Waals surface area contributed by atoms with Gasteiger partial charge in [-0.2, -0.15) is 13.2 Å². The molecular weight excluding hydrogens is 431 g/mol. The number of Topliss-reactive ketones (excluding diaryl/α,β-unsaturated/α-hetero) is 1. The second kappa shape index (κ2) is 8.78. The minimum Gasteiger partial charge on any atom is -0.464 e. The highest BCUT2D eigenvalue weighted by Crippen LogP contribution is 2.37. The van der Waals surface area contributed by atoms with Crippen molar-refractivity contribution in [1.82, 2.24) is 4.90 Å². The zero-order chi connectivity index (χ0) is 22.0. The Balaban J connectivity index is 2.43. The molecule has 1 fully saturated rings. The molecule has 1 aliphatic heterocycles. The summed E-state index contributed by atoms with van der Waals surface area (Å²) >= 11 is 5.17. The van der Waals surface area contributed by atoms with Crippen LogP contribution in [0.4, 0.5) is 13.2 Å². The van der Waals surface area contributed by atoms with Crippen LogP contribution < -0.4 is 0 Å². The first-order valence-corrected chi connectivity index (χ1v) is 10.7. The number of hydrogen-bond acceptors (Lipinski definition) is 6. The highest BCUT2D eigenvalue weighted by molar-refractivity contribution is 7.92. The van der Waals surface area contributed by atoms with E-state index < -0.39 is 43.7 Å². The van der Waals surface area contributed by atoms with E-state index in [2.05, 4.69) is 0 Å². The molecule has 1 saturated heterocycles. The molecule has 6 nitrogen and oxygen atoms in total. The first-order valence-electron chi connectivity index (χ1n) is 8.75. The molecule has 0 aliphatic carbocycles. The molecule has 2 atom stereocenters. The Bertz CT molecular complexity index is 914. The van der Waals surface area contributed by atoms with Crippen LogP contribution in [0.25, 0.3) is 0 Å². The van der Waals surface area contributed by atoms with Gasteiger partial charge in [0.25, 0.3) is 0 Å². The summed E-state index contributed by atoms with van der Waals surface area (Å²) in [7, 11) is -4.44. The molecule has 0 amide bonds. The Morgan fingerprint density at radius 1 is 1.28 bits per heavy atom. The third kappa shape index (κ3) is 5.13. The van der Waals surface area contributed by atoms with Gasteiger partial charge in [-0.1, -0.05) is 24.4 Å². The van der Waals surface area contributed by atoms with E-state index in [0.29, 0.717) is 6.07 Å². The van der Waals surface area contributed by atoms with Crippen molar-refractivity contribution in [2.24, 2.45) is 0 Å². The molecule has 1 heterocycles. The van der Waals surface area contributed by atoms with Crippen molar-refractivity contribution in [3.05, 3.63) is 29.8 Å². The van der Waals surface area contributed by atoms with E-state index in [0.717, 1.165) is 12.1 Å². The quantitative estimate of drug-likeness (QED) is 0.486. The highest BCUT2D eigenvalue weighted by Gasteiger charge is 2.47. The number of carbonyl (C=O) groups is 2. The average Bonchev–Trinajstić information content (AvgIpc) is 3.07. The number of ketones is 1. The maximum atomic E-state index is 13.3. The van der Waals surface area contributed by atoms with Gasteiger partial charge in [-0.05, 0) is 32.4 Å². The van der Waals surface area contributed by atoms with Crippen LogP contribution in [0, 0.1) is 0 Å². The molecule has 0 aromatic heterocycles. The van der Waals surface area contributed by atoms with Gasteiger partial charge in [0.05, 0.1) is 33.7 Å². The summed E-state index contributed by atoms with van der Waals surface area (Å²) in [6, 6.07) is 2.82. The van der Waals surface area contributed by atoms with E-state index in [1.165, 1.54) is 17.9 Å². The lowest BCUT2D eigenvalue weighted by Gasteiger charge is -2.25. The fraction of sp³-hybridized carbons (Fsp3) is 0.500. The molecule has 1 aromatic rings. The molecule has 2 rings (SSSR count). The van der Waals surface area contributed by atoms with Crippen molar-refractivity contribution in [2.75, 3.05) is 13.2 Å². The van der Waals surface area contributed by atoms with Gasteiger partial charge in [0.2, 0.25) is 0 Å². The normalized spacial score (nSPS) is 19.8. The van der Waals surface area contributed by atoms with E-state index in [4.69, 9.17) is 17.0 Å². The number of benzene rings is 1. The van der Waals surface area contributed by atoms with Gasteiger partial charge in [-0.25, -0.2) is 13.2 Å². The van der Waals surface area contributed by atoms with Crippen LogP contribution in [0.1, 0.15) is 32.3 Å². The largest absolute Gasteiger partial charge is 0.464 e. The zero-order valence-corrected chi connectivity index (χ0v) is 17.4. The first-order chi connectivity index (χ1) is 13.4. The monoisotopic (exact) mass is 451 g/mol. The van der Waals surface area contributed by atoms with E-state index in [1.54, 1.807) is 6.92 Å². The Hall–Kier alpha value is -2.01. The van der Waals surface area contributed by atoms with Crippen LogP contribution in [0.3, 0.4) is 0 Å². The number of nitrogens with zero attached hydrogens (tertiary/aromatic N) is 1. The summed E-state index contributed by atoms with van der Waals surface area (Å²) in [6.07, 6.45) is -5.32. The van der Waals surface area contributed by atoms with Crippen molar-refractivity contribution < 1.29 is 35.9 Å². The molecule has 1 aromatic carbocycles. The van der Waals surface area contributed by atoms with E-state index in [9.17, 15) is 31.2 Å². The van der Waals surface area contributed by atoms with Crippen molar-refractivity contribution in [1.29, 1.82) is 0 Å². The van der Waals surface area contributed by atoms with Crippen molar-refractivity contribution in [3.63, 3.8) is 0 Å². The third-order valence-corrected chi connectivity index (χ3v) is 7.05. The smallest absolute Gasteiger partial charge is 0.417 e. The van der Waals surface area contributed by atoms with Gasteiger partial charge in [0.1, 0.15) is 11.8 Å². The molecule has 29 heavy (non-hydrogen) atoms. The zero-order valence-electron chi connectivity index (χ0n) is 15.7. The summed E-state index contributed by atoms with van der Waals surface area (Å²) in [6.45, 7) is 2.59. The Morgan fingerprint density at radius 3 is 2.45 bits per heavy atom. The molecule has 0 unspecified atom stereocenters. The number of alkyl halides is 3. The summed E-state index contributed by atoms with van der Waals surface area (Å²) < 4.78 is 71.0. The Labute approximate surface area is 171 Å². The van der Waals surface area contributed by atoms with Crippen molar-refractivity contribution in [2.45, 2.75) is 49.1 Å². The molecule has 11 heteroatoms. The van der Waals surface area contributed by atoms with Gasteiger partial charge in [0, 0.05) is 6.54 Å². The maximum absolute atomic E-state index is 13.3. The second-order valence-electron chi connectivity index (χ2n) is 6.59. The molecule has 0 saturated carbocycles. The number of ether oxygens (including phenoxy) is 1. The summed E-state index contributed by atoms with van der Waals surface area (Å²) in [5.74, 6) is -1.02. The van der Waals surface area contributed by atoms with E-state index >= 15 is 0 Å². The maximum Gasteiger partial charge on any atom is 0.417 e.